The van der Waals surface area contributed by atoms with Crippen molar-refractivity contribution < 1.29 is 19.1 Å². The van der Waals surface area contributed by atoms with Crippen LogP contribution in [0.4, 0.5) is 0 Å². The van der Waals surface area contributed by atoms with Crippen molar-refractivity contribution in [1.29, 1.82) is 0 Å². The Morgan fingerprint density at radius 2 is 0.927 bits per heavy atom. The third-order valence-electron chi connectivity index (χ3n) is 10.1. The minimum atomic E-state index is -0.471. The number of hydrogen-bond acceptors (Lipinski definition) is 6. The van der Waals surface area contributed by atoms with Crippen molar-refractivity contribution in [2.45, 2.75) is 13.8 Å². The lowest BCUT2D eigenvalue weighted by Crippen LogP contribution is -2.42. The number of ether oxygens (including phenoxy) is 2. The van der Waals surface area contributed by atoms with Gasteiger partial charge in [-0.1, -0.05) is 86.6 Å². The molecule has 0 aliphatic rings. The van der Waals surface area contributed by atoms with Crippen molar-refractivity contribution in [2.24, 2.45) is 5.41 Å². The molecule has 2 N–H and O–H groups in total. The van der Waals surface area contributed by atoms with Crippen molar-refractivity contribution in [3.05, 3.63) is 145 Å². The first-order valence-corrected chi connectivity index (χ1v) is 18.2. The van der Waals surface area contributed by atoms with Crippen molar-refractivity contribution in [3.63, 3.8) is 0 Å². The maximum atomic E-state index is 13.9. The van der Waals surface area contributed by atoms with E-state index in [4.69, 9.17) is 19.4 Å². The minimum Gasteiger partial charge on any atom is -0.497 e. The summed E-state index contributed by atoms with van der Waals surface area (Å²) >= 11 is 0. The Bertz CT molecular complexity index is 2590. The Morgan fingerprint density at radius 3 is 1.36 bits per heavy atom. The molecule has 0 saturated heterocycles. The zero-order valence-corrected chi connectivity index (χ0v) is 31.1. The fraction of sp³-hybridized carbons (Fsp3) is 0.149. The summed E-state index contributed by atoms with van der Waals surface area (Å²) in [5, 5.41) is 12.0. The van der Waals surface area contributed by atoms with Gasteiger partial charge >= 0.3 is 0 Å². The molecule has 0 radical (unpaired) electrons. The number of pyridine rings is 2. The van der Waals surface area contributed by atoms with Crippen LogP contribution in [0.15, 0.2) is 133 Å². The van der Waals surface area contributed by atoms with E-state index >= 15 is 0 Å². The van der Waals surface area contributed by atoms with Crippen LogP contribution >= 0.6 is 0 Å². The van der Waals surface area contributed by atoms with E-state index in [9.17, 15) is 9.59 Å². The molecule has 0 aliphatic heterocycles. The van der Waals surface area contributed by atoms with Crippen LogP contribution in [0.5, 0.6) is 11.5 Å². The van der Waals surface area contributed by atoms with Crippen molar-refractivity contribution in [2.75, 3.05) is 27.3 Å². The van der Waals surface area contributed by atoms with E-state index in [1.807, 2.05) is 135 Å². The second kappa shape index (κ2) is 14.6. The number of amides is 2. The molecule has 0 atom stereocenters. The van der Waals surface area contributed by atoms with E-state index in [0.29, 0.717) is 35.6 Å². The van der Waals surface area contributed by atoms with Crippen molar-refractivity contribution in [3.8, 4) is 34.0 Å². The van der Waals surface area contributed by atoms with Crippen LogP contribution in [-0.2, 0) is 0 Å². The largest absolute Gasteiger partial charge is 0.497 e. The zero-order chi connectivity index (χ0) is 38.1. The Morgan fingerprint density at radius 1 is 0.527 bits per heavy atom. The SMILES string of the molecule is COc1ccc2cc(-c3cc(C(=O)NCC(C)(C)CNC(=O)c4cc(-c5ccc6cc(OC)ccc6c5)nc5ccccc45)c4ccccc4n3)ccc2c1. The van der Waals surface area contributed by atoms with Crippen LogP contribution in [0.25, 0.3) is 65.9 Å². The molecule has 2 heterocycles. The summed E-state index contributed by atoms with van der Waals surface area (Å²) in [5.41, 5.74) is 5.32. The molecule has 0 aliphatic carbocycles. The van der Waals surface area contributed by atoms with Gasteiger partial charge in [-0.05, 0) is 87.6 Å². The van der Waals surface area contributed by atoms with Gasteiger partial charge in [-0.25, -0.2) is 9.97 Å². The number of carbonyl (C=O) groups excluding carboxylic acids is 2. The Labute approximate surface area is 319 Å². The third-order valence-corrected chi connectivity index (χ3v) is 10.1. The van der Waals surface area contributed by atoms with Gasteiger partial charge in [-0.3, -0.25) is 9.59 Å². The number of nitrogens with one attached hydrogen (secondary N) is 2. The van der Waals surface area contributed by atoms with Crippen LogP contribution in [-0.4, -0.2) is 49.1 Å². The topological polar surface area (TPSA) is 102 Å². The molecule has 8 rings (SSSR count). The van der Waals surface area contributed by atoms with Gasteiger partial charge < -0.3 is 20.1 Å². The smallest absolute Gasteiger partial charge is 0.252 e. The molecule has 0 bridgehead atoms. The first-order valence-electron chi connectivity index (χ1n) is 18.2. The summed E-state index contributed by atoms with van der Waals surface area (Å²) < 4.78 is 10.8. The zero-order valence-electron chi connectivity index (χ0n) is 31.1. The number of rotatable bonds is 10. The summed E-state index contributed by atoms with van der Waals surface area (Å²) in [6.07, 6.45) is 0. The van der Waals surface area contributed by atoms with Gasteiger partial charge in [0.2, 0.25) is 0 Å². The number of benzene rings is 6. The fourth-order valence-corrected chi connectivity index (χ4v) is 6.93. The standard InChI is InChI=1S/C47H40N4O4/c1-47(2,27-48-45(52)39-25-43(50-41-11-7-5-9-37(39)41)33-15-13-31-23-35(54-3)19-17-29(31)21-33)28-49-46(53)40-26-44(51-42-12-8-6-10-38(40)42)34-16-14-32-24-36(55-4)20-18-30(32)22-34/h5-26H,27-28H2,1-4H3,(H,48,52)(H,49,53). The highest BCUT2D eigenvalue weighted by Crippen LogP contribution is 2.31. The monoisotopic (exact) mass is 724 g/mol. The summed E-state index contributed by atoms with van der Waals surface area (Å²) in [7, 11) is 3.31. The molecule has 272 valence electrons. The van der Waals surface area contributed by atoms with Gasteiger partial charge in [0.15, 0.2) is 0 Å². The highest BCUT2D eigenvalue weighted by molar-refractivity contribution is 6.08. The van der Waals surface area contributed by atoms with E-state index in [1.165, 1.54) is 0 Å². The normalized spacial score (nSPS) is 11.6. The average Bonchev–Trinajstić information content (AvgIpc) is 3.23. The highest BCUT2D eigenvalue weighted by Gasteiger charge is 2.23. The number of aromatic nitrogens is 2. The highest BCUT2D eigenvalue weighted by atomic mass is 16.5. The number of nitrogens with zero attached hydrogens (tertiary/aromatic N) is 2. The van der Waals surface area contributed by atoms with Gasteiger partial charge in [0.25, 0.3) is 11.8 Å². The molecule has 0 spiro atoms. The lowest BCUT2D eigenvalue weighted by molar-refractivity contribution is 0.0921. The molecule has 0 fully saturated rings. The van der Waals surface area contributed by atoms with E-state index < -0.39 is 5.41 Å². The average molecular weight is 725 g/mol. The first-order chi connectivity index (χ1) is 26.7. The lowest BCUT2D eigenvalue weighted by Gasteiger charge is -2.26. The third kappa shape index (κ3) is 7.27. The maximum Gasteiger partial charge on any atom is 0.252 e. The number of carbonyl (C=O) groups is 2. The number of fused-ring (bicyclic) bond motifs is 4. The Kier molecular flexibility index (Phi) is 9.33. The number of para-hydroxylation sites is 2. The van der Waals surface area contributed by atoms with Crippen molar-refractivity contribution >= 4 is 55.2 Å². The molecular formula is C47H40N4O4. The predicted octanol–water partition coefficient (Wildman–Crippen LogP) is 9.63. The summed E-state index contributed by atoms with van der Waals surface area (Å²) in [4.78, 5) is 37.7. The summed E-state index contributed by atoms with van der Waals surface area (Å²) in [5.74, 6) is 1.18. The van der Waals surface area contributed by atoms with E-state index in [-0.39, 0.29) is 11.8 Å². The molecule has 2 amide bonds. The van der Waals surface area contributed by atoms with Crippen LogP contribution in [0.2, 0.25) is 0 Å². The Hall–Kier alpha value is -6.80. The van der Waals surface area contributed by atoms with Gasteiger partial charge in [0, 0.05) is 35.0 Å². The van der Waals surface area contributed by atoms with Crippen LogP contribution < -0.4 is 20.1 Å². The van der Waals surface area contributed by atoms with E-state index in [1.54, 1.807) is 14.2 Å². The van der Waals surface area contributed by atoms with E-state index in [2.05, 4.69) is 22.8 Å². The van der Waals surface area contributed by atoms with E-state index in [0.717, 1.165) is 66.0 Å². The van der Waals surface area contributed by atoms with Crippen molar-refractivity contribution in [1.82, 2.24) is 20.6 Å². The quantitative estimate of drug-likeness (QED) is 0.146. The summed E-state index contributed by atoms with van der Waals surface area (Å²) in [6.45, 7) is 4.71. The second-order valence-electron chi connectivity index (χ2n) is 14.5. The molecule has 8 heteroatoms. The van der Waals surface area contributed by atoms with Crippen LogP contribution in [0, 0.1) is 5.41 Å². The molecule has 0 saturated carbocycles. The number of methoxy groups -OCH3 is 2. The van der Waals surface area contributed by atoms with Gasteiger partial charge in [-0.2, -0.15) is 0 Å². The molecule has 55 heavy (non-hydrogen) atoms. The summed E-state index contributed by atoms with van der Waals surface area (Å²) in [6, 6.07) is 43.2. The molecule has 8 aromatic rings. The molecule has 2 aromatic heterocycles. The first kappa shape index (κ1) is 35.2. The van der Waals surface area contributed by atoms with Crippen LogP contribution in [0.1, 0.15) is 34.6 Å². The fourth-order valence-electron chi connectivity index (χ4n) is 6.93. The molecule has 6 aromatic carbocycles. The Balaban J connectivity index is 1.00. The molecule has 0 unspecified atom stereocenters. The maximum absolute atomic E-state index is 13.9. The molecule has 8 nitrogen and oxygen atoms in total. The van der Waals surface area contributed by atoms with Crippen LogP contribution in [0.3, 0.4) is 0 Å². The van der Waals surface area contributed by atoms with Gasteiger partial charge in [-0.15, -0.1) is 0 Å². The lowest BCUT2D eigenvalue weighted by atomic mass is 9.92. The van der Waals surface area contributed by atoms with Gasteiger partial charge in [0.1, 0.15) is 11.5 Å². The van der Waals surface area contributed by atoms with Gasteiger partial charge in [0.05, 0.1) is 47.8 Å². The molecular weight excluding hydrogens is 685 g/mol. The number of hydrogen-bond donors (Lipinski definition) is 2. The minimum absolute atomic E-state index is 0.205. The predicted molar refractivity (Wildman–Crippen MR) is 221 cm³/mol. The second-order valence-corrected chi connectivity index (χ2v) is 14.5.